The molecule has 3 aromatic carbocycles. The van der Waals surface area contributed by atoms with Crippen molar-refractivity contribution < 1.29 is 0 Å². The molecule has 0 atom stereocenters. The van der Waals surface area contributed by atoms with Crippen LogP contribution in [0.2, 0.25) is 0 Å². The Morgan fingerprint density at radius 2 is 1.05 bits per heavy atom. The first-order valence-corrected chi connectivity index (χ1v) is 7.19. The Morgan fingerprint density at radius 3 is 1.50 bits per heavy atom. The maximum Gasteiger partial charge on any atom is 0.0925 e. The molecule has 0 fully saturated rings. The average molecular weight is 310 g/mol. The van der Waals surface area contributed by atoms with E-state index in [1.807, 2.05) is 36.4 Å². The van der Waals surface area contributed by atoms with Gasteiger partial charge in [0.1, 0.15) is 0 Å². The molecule has 0 aliphatic heterocycles. The van der Waals surface area contributed by atoms with Crippen LogP contribution in [0.4, 0.5) is 0 Å². The zero-order valence-electron chi connectivity index (χ0n) is 12.6. The van der Waals surface area contributed by atoms with E-state index in [0.29, 0.717) is 0 Å². The number of halogens is 1. The fourth-order valence-corrected chi connectivity index (χ4v) is 2.90. The summed E-state index contributed by atoms with van der Waals surface area (Å²) in [5.41, 5.74) is 10.9. The summed E-state index contributed by atoms with van der Waals surface area (Å²) < 4.78 is 0. The molecular formula is C20H20ClN. The van der Waals surface area contributed by atoms with Gasteiger partial charge >= 0.3 is 0 Å². The summed E-state index contributed by atoms with van der Waals surface area (Å²) in [5, 5.41) is 0. The molecule has 0 aromatic heterocycles. The molecule has 0 unspecified atom stereocenters. The standard InChI is InChI=1S/C20H19N.ClH/c1-16-10-8-9-15-19(16)20(21,17-11-4-2-5-12-17)18-13-6-3-7-14-18;/h2-15H,21H2,1H3;1H. The van der Waals surface area contributed by atoms with Crippen LogP contribution >= 0.6 is 12.4 Å². The Balaban J connectivity index is 0.00000176. The molecule has 0 saturated heterocycles. The first-order valence-electron chi connectivity index (χ1n) is 7.19. The van der Waals surface area contributed by atoms with Crippen LogP contribution in [-0.2, 0) is 5.54 Å². The third kappa shape index (κ3) is 2.78. The van der Waals surface area contributed by atoms with E-state index >= 15 is 0 Å². The number of hydrogen-bond donors (Lipinski definition) is 1. The smallest absolute Gasteiger partial charge is 0.0925 e. The van der Waals surface area contributed by atoms with Crippen molar-refractivity contribution in [3.63, 3.8) is 0 Å². The molecule has 2 heteroatoms. The highest BCUT2D eigenvalue weighted by atomic mass is 35.5. The summed E-state index contributed by atoms with van der Waals surface area (Å²) in [6.45, 7) is 2.11. The van der Waals surface area contributed by atoms with Gasteiger partial charge in [-0.15, -0.1) is 12.4 Å². The van der Waals surface area contributed by atoms with Gasteiger partial charge < -0.3 is 5.73 Å². The van der Waals surface area contributed by atoms with Crippen LogP contribution in [-0.4, -0.2) is 0 Å². The summed E-state index contributed by atoms with van der Waals surface area (Å²) in [5.74, 6) is 0. The Hall–Kier alpha value is -2.09. The molecular weight excluding hydrogens is 290 g/mol. The van der Waals surface area contributed by atoms with Crippen LogP contribution in [0.15, 0.2) is 84.9 Å². The largest absolute Gasteiger partial charge is 0.314 e. The zero-order chi connectivity index (χ0) is 14.7. The van der Waals surface area contributed by atoms with E-state index in [1.54, 1.807) is 0 Å². The minimum Gasteiger partial charge on any atom is -0.314 e. The van der Waals surface area contributed by atoms with Gasteiger partial charge in [-0.25, -0.2) is 0 Å². The maximum atomic E-state index is 6.96. The Bertz CT molecular complexity index is 683. The van der Waals surface area contributed by atoms with Crippen LogP contribution in [0, 0.1) is 6.92 Å². The molecule has 22 heavy (non-hydrogen) atoms. The minimum absolute atomic E-state index is 0. The van der Waals surface area contributed by atoms with Crippen LogP contribution in [0.25, 0.3) is 0 Å². The second-order valence-corrected chi connectivity index (χ2v) is 5.35. The topological polar surface area (TPSA) is 26.0 Å². The molecule has 1 nitrogen and oxygen atoms in total. The molecule has 0 heterocycles. The van der Waals surface area contributed by atoms with E-state index in [9.17, 15) is 0 Å². The zero-order valence-corrected chi connectivity index (χ0v) is 13.4. The van der Waals surface area contributed by atoms with Crippen molar-refractivity contribution in [1.29, 1.82) is 0 Å². The molecule has 0 saturated carbocycles. The fourth-order valence-electron chi connectivity index (χ4n) is 2.90. The van der Waals surface area contributed by atoms with Gasteiger partial charge in [0.05, 0.1) is 5.54 Å². The van der Waals surface area contributed by atoms with Crippen molar-refractivity contribution in [2.45, 2.75) is 12.5 Å². The second kappa shape index (κ2) is 6.78. The number of nitrogens with two attached hydrogens (primary N) is 1. The lowest BCUT2D eigenvalue weighted by atomic mass is 9.76. The Morgan fingerprint density at radius 1 is 0.636 bits per heavy atom. The van der Waals surface area contributed by atoms with E-state index < -0.39 is 5.54 Å². The predicted octanol–water partition coefficient (Wildman–Crippen LogP) is 4.67. The summed E-state index contributed by atoms with van der Waals surface area (Å²) in [4.78, 5) is 0. The SMILES string of the molecule is Cc1ccccc1C(N)(c1ccccc1)c1ccccc1.Cl. The van der Waals surface area contributed by atoms with Crippen LogP contribution < -0.4 is 5.73 Å². The molecule has 2 N–H and O–H groups in total. The summed E-state index contributed by atoms with van der Waals surface area (Å²) in [6.07, 6.45) is 0. The van der Waals surface area contributed by atoms with Gasteiger partial charge in [-0.2, -0.15) is 0 Å². The molecule has 0 aliphatic rings. The number of benzene rings is 3. The van der Waals surface area contributed by atoms with E-state index in [0.717, 1.165) is 16.7 Å². The first-order chi connectivity index (χ1) is 10.2. The quantitative estimate of drug-likeness (QED) is 0.699. The van der Waals surface area contributed by atoms with Crippen molar-refractivity contribution in [3.8, 4) is 0 Å². The molecule has 3 aromatic rings. The fraction of sp³-hybridized carbons (Fsp3) is 0.100. The van der Waals surface area contributed by atoms with Crippen LogP contribution in [0.3, 0.4) is 0 Å². The van der Waals surface area contributed by atoms with Crippen LogP contribution in [0.5, 0.6) is 0 Å². The Labute approximate surface area is 138 Å². The molecule has 0 spiro atoms. The number of hydrogen-bond acceptors (Lipinski definition) is 1. The highest BCUT2D eigenvalue weighted by molar-refractivity contribution is 5.85. The van der Waals surface area contributed by atoms with Crippen molar-refractivity contribution in [2.24, 2.45) is 5.73 Å². The highest BCUT2D eigenvalue weighted by Gasteiger charge is 2.32. The lowest BCUT2D eigenvalue weighted by Crippen LogP contribution is -2.39. The lowest BCUT2D eigenvalue weighted by Gasteiger charge is -2.33. The van der Waals surface area contributed by atoms with Gasteiger partial charge in [0.2, 0.25) is 0 Å². The van der Waals surface area contributed by atoms with Gasteiger partial charge in [0.15, 0.2) is 0 Å². The molecule has 3 rings (SSSR count). The van der Waals surface area contributed by atoms with E-state index in [-0.39, 0.29) is 12.4 Å². The van der Waals surface area contributed by atoms with Crippen molar-refractivity contribution in [1.82, 2.24) is 0 Å². The molecule has 0 radical (unpaired) electrons. The van der Waals surface area contributed by atoms with Gasteiger partial charge in [0, 0.05) is 0 Å². The van der Waals surface area contributed by atoms with Gasteiger partial charge in [-0.3, -0.25) is 0 Å². The van der Waals surface area contributed by atoms with Crippen molar-refractivity contribution in [3.05, 3.63) is 107 Å². The first kappa shape index (κ1) is 16.3. The molecule has 0 bridgehead atoms. The third-order valence-electron chi connectivity index (χ3n) is 4.03. The molecule has 112 valence electrons. The monoisotopic (exact) mass is 309 g/mol. The second-order valence-electron chi connectivity index (χ2n) is 5.35. The van der Waals surface area contributed by atoms with Crippen LogP contribution in [0.1, 0.15) is 22.3 Å². The Kier molecular flexibility index (Phi) is 5.02. The van der Waals surface area contributed by atoms with Gasteiger partial charge in [-0.05, 0) is 29.2 Å². The average Bonchev–Trinajstić information content (AvgIpc) is 2.56. The van der Waals surface area contributed by atoms with E-state index in [1.165, 1.54) is 5.56 Å². The van der Waals surface area contributed by atoms with E-state index in [2.05, 4.69) is 55.5 Å². The highest BCUT2D eigenvalue weighted by Crippen LogP contribution is 2.35. The predicted molar refractivity (Wildman–Crippen MR) is 95.4 cm³/mol. The number of rotatable bonds is 3. The minimum atomic E-state index is -0.631. The van der Waals surface area contributed by atoms with Gasteiger partial charge in [-0.1, -0.05) is 84.9 Å². The molecule has 0 amide bonds. The summed E-state index contributed by atoms with van der Waals surface area (Å²) in [7, 11) is 0. The normalized spacial score (nSPS) is 10.8. The summed E-state index contributed by atoms with van der Waals surface area (Å²) in [6, 6.07) is 28.9. The number of aryl methyl sites for hydroxylation is 1. The van der Waals surface area contributed by atoms with E-state index in [4.69, 9.17) is 5.73 Å². The van der Waals surface area contributed by atoms with Gasteiger partial charge in [0.25, 0.3) is 0 Å². The molecule has 0 aliphatic carbocycles. The van der Waals surface area contributed by atoms with Crippen molar-refractivity contribution in [2.75, 3.05) is 0 Å². The van der Waals surface area contributed by atoms with Crippen molar-refractivity contribution >= 4 is 12.4 Å². The lowest BCUT2D eigenvalue weighted by molar-refractivity contribution is 0.648. The third-order valence-corrected chi connectivity index (χ3v) is 4.03. The maximum absolute atomic E-state index is 6.96. The summed E-state index contributed by atoms with van der Waals surface area (Å²) >= 11 is 0.